The molecular weight excluding hydrogens is 651 g/mol. The van der Waals surface area contributed by atoms with Gasteiger partial charge in [0.2, 0.25) is 0 Å². The van der Waals surface area contributed by atoms with Crippen molar-refractivity contribution in [2.24, 2.45) is 0 Å². The molecule has 1 amide bonds. The van der Waals surface area contributed by atoms with Crippen molar-refractivity contribution >= 4 is 24.5 Å². The van der Waals surface area contributed by atoms with Crippen LogP contribution in [0, 0.1) is 0 Å². The van der Waals surface area contributed by atoms with Crippen molar-refractivity contribution < 1.29 is 14.3 Å². The van der Waals surface area contributed by atoms with Gasteiger partial charge in [0.15, 0.2) is 0 Å². The molecule has 1 saturated heterocycles. The van der Waals surface area contributed by atoms with Gasteiger partial charge in [-0.2, -0.15) is 0 Å². The minimum absolute atomic E-state index is 0.0360. The molecule has 5 nitrogen and oxygen atoms in total. The second kappa shape index (κ2) is 17.4. The molecule has 1 fully saturated rings. The number of rotatable bonds is 18. The molecule has 0 spiro atoms. The van der Waals surface area contributed by atoms with Crippen LogP contribution in [-0.2, 0) is 22.6 Å². The number of carbonyl (C=O) groups is 1. The third-order valence-electron chi connectivity index (χ3n) is 9.71. The zero-order valence-corrected chi connectivity index (χ0v) is 32.1. The van der Waals surface area contributed by atoms with Gasteiger partial charge in [-0.25, -0.2) is 0 Å². The molecule has 1 aliphatic rings. The first-order valence-corrected chi connectivity index (χ1v) is 25.2. The summed E-state index contributed by atoms with van der Waals surface area (Å²) < 4.78 is 17.1. The number of carbonyl (C=O) groups excluding carboxylic acids is 1. The SMILES string of the molecule is CCC[CH2][Sn]([CH2]CCC)([CH2]CCC)[C@H](OC(=O)N1C(C)(C)COC1(C)C)[C@@H](CC)N(Cc1ccccc1)Cc1ccccc1. The van der Waals surface area contributed by atoms with Crippen LogP contribution in [0.2, 0.25) is 13.3 Å². The third-order valence-corrected chi connectivity index (χ3v) is 26.1. The van der Waals surface area contributed by atoms with Crippen LogP contribution >= 0.6 is 0 Å². The van der Waals surface area contributed by atoms with Crippen LogP contribution in [0.1, 0.15) is 111 Å². The molecule has 2 atom stereocenters. The van der Waals surface area contributed by atoms with E-state index in [0.29, 0.717) is 6.61 Å². The predicted octanol–water partition coefficient (Wildman–Crippen LogP) is 10.2. The monoisotopic (exact) mass is 714 g/mol. The van der Waals surface area contributed by atoms with Crippen LogP contribution in [-0.4, -0.2) is 62.3 Å². The molecular formula is C38H62N2O3Sn. The van der Waals surface area contributed by atoms with Crippen molar-refractivity contribution in [3.05, 3.63) is 71.8 Å². The van der Waals surface area contributed by atoms with Crippen LogP contribution < -0.4 is 0 Å². The first kappa shape index (κ1) is 36.9. The second-order valence-electron chi connectivity index (χ2n) is 14.2. The molecule has 1 aliphatic heterocycles. The standard InChI is InChI=1S/C26H35N2O3.3C4H9.Sn/c1-6-23(19-30-24(29)28-25(2,3)20-31-26(28,4)5)27(17-21-13-9-7-10-14-21)18-22-15-11-8-12-16-22;3*1-3-4-2;/h7-16,19,23H,6,17-18,20H2,1-5H3;3*1,3-4H2,2H3;/t23-;;;;/m1..../s1. The van der Waals surface area contributed by atoms with E-state index in [1.54, 1.807) is 0 Å². The van der Waals surface area contributed by atoms with Gasteiger partial charge in [0.25, 0.3) is 0 Å². The van der Waals surface area contributed by atoms with Crippen LogP contribution in [0.15, 0.2) is 60.7 Å². The first-order chi connectivity index (χ1) is 21.0. The molecule has 3 rings (SSSR count). The van der Waals surface area contributed by atoms with Gasteiger partial charge in [-0.05, 0) is 0 Å². The summed E-state index contributed by atoms with van der Waals surface area (Å²) >= 11 is -3.17. The quantitative estimate of drug-likeness (QED) is 0.144. The van der Waals surface area contributed by atoms with E-state index in [0.717, 1.165) is 19.5 Å². The number of unbranched alkanes of at least 4 members (excludes halogenated alkanes) is 3. The Bertz CT molecular complexity index is 1030. The summed E-state index contributed by atoms with van der Waals surface area (Å²) in [6, 6.07) is 21.8. The molecule has 0 aromatic heterocycles. The Morgan fingerprint density at radius 2 is 1.27 bits per heavy atom. The summed E-state index contributed by atoms with van der Waals surface area (Å²) in [6.07, 6.45) is 8.01. The number of nitrogens with zero attached hydrogens (tertiary/aromatic N) is 2. The topological polar surface area (TPSA) is 42.0 Å². The molecule has 44 heavy (non-hydrogen) atoms. The van der Waals surface area contributed by atoms with Gasteiger partial charge in [-0.15, -0.1) is 0 Å². The Kier molecular flexibility index (Phi) is 14.6. The summed E-state index contributed by atoms with van der Waals surface area (Å²) in [4.78, 5) is 19.1. The second-order valence-corrected chi connectivity index (χ2v) is 27.9. The number of hydrogen-bond acceptors (Lipinski definition) is 4. The van der Waals surface area contributed by atoms with Crippen molar-refractivity contribution in [1.29, 1.82) is 0 Å². The Morgan fingerprint density at radius 3 is 1.64 bits per heavy atom. The van der Waals surface area contributed by atoms with Crippen molar-refractivity contribution in [3.8, 4) is 0 Å². The fraction of sp³-hybridized carbons (Fsp3) is 0.658. The van der Waals surface area contributed by atoms with E-state index in [1.807, 2.05) is 18.7 Å². The van der Waals surface area contributed by atoms with E-state index in [4.69, 9.17) is 9.47 Å². The van der Waals surface area contributed by atoms with Crippen LogP contribution in [0.4, 0.5) is 4.79 Å². The summed E-state index contributed by atoms with van der Waals surface area (Å²) in [5, 5.41) is 0. The van der Waals surface area contributed by atoms with Crippen molar-refractivity contribution in [2.75, 3.05) is 6.61 Å². The third kappa shape index (κ3) is 9.72. The fourth-order valence-electron chi connectivity index (χ4n) is 7.43. The Morgan fingerprint density at radius 1 is 0.818 bits per heavy atom. The maximum absolute atomic E-state index is 14.6. The van der Waals surface area contributed by atoms with E-state index in [9.17, 15) is 4.79 Å². The van der Waals surface area contributed by atoms with E-state index < -0.39 is 29.6 Å². The molecule has 0 saturated carbocycles. The van der Waals surface area contributed by atoms with Crippen molar-refractivity contribution in [3.63, 3.8) is 0 Å². The van der Waals surface area contributed by atoms with E-state index in [2.05, 4.69) is 107 Å². The van der Waals surface area contributed by atoms with Gasteiger partial charge >= 0.3 is 275 Å². The number of hydrogen-bond donors (Lipinski definition) is 0. The average molecular weight is 714 g/mol. The summed E-state index contributed by atoms with van der Waals surface area (Å²) in [5.41, 5.74) is 1.49. The van der Waals surface area contributed by atoms with Gasteiger partial charge in [-0.3, -0.25) is 0 Å². The van der Waals surface area contributed by atoms with Crippen molar-refractivity contribution in [2.45, 2.75) is 148 Å². The van der Waals surface area contributed by atoms with Gasteiger partial charge in [0.1, 0.15) is 0 Å². The van der Waals surface area contributed by atoms with Gasteiger partial charge < -0.3 is 0 Å². The number of ether oxygens (including phenoxy) is 2. The van der Waals surface area contributed by atoms with Gasteiger partial charge in [0, 0.05) is 0 Å². The first-order valence-electron chi connectivity index (χ1n) is 17.5. The fourth-order valence-corrected chi connectivity index (χ4v) is 25.7. The zero-order valence-electron chi connectivity index (χ0n) is 29.2. The summed E-state index contributed by atoms with van der Waals surface area (Å²) in [6.45, 7) is 19.7. The normalized spacial score (nSPS) is 17.5. The maximum atomic E-state index is 14.6. The Labute approximate surface area is 273 Å². The zero-order chi connectivity index (χ0) is 32.2. The Hall–Kier alpha value is -1.57. The molecule has 0 aliphatic carbocycles. The average Bonchev–Trinajstić information content (AvgIpc) is 3.24. The van der Waals surface area contributed by atoms with Crippen molar-refractivity contribution in [1.82, 2.24) is 9.80 Å². The summed E-state index contributed by atoms with van der Waals surface area (Å²) in [7, 11) is 0. The molecule has 246 valence electrons. The van der Waals surface area contributed by atoms with E-state index >= 15 is 0 Å². The molecule has 1 heterocycles. The predicted molar refractivity (Wildman–Crippen MR) is 187 cm³/mol. The Balaban J connectivity index is 2.17. The molecule has 2 aromatic rings. The number of benzene rings is 2. The minimum atomic E-state index is -3.17. The number of amides is 1. The molecule has 6 heteroatoms. The van der Waals surface area contributed by atoms with E-state index in [-0.39, 0.29) is 16.3 Å². The molecule has 0 bridgehead atoms. The summed E-state index contributed by atoms with van der Waals surface area (Å²) in [5.74, 6) is 0. The van der Waals surface area contributed by atoms with E-state index in [1.165, 1.54) is 63.0 Å². The van der Waals surface area contributed by atoms with Crippen LogP contribution in [0.25, 0.3) is 0 Å². The molecule has 0 N–H and O–H groups in total. The van der Waals surface area contributed by atoms with Crippen LogP contribution in [0.5, 0.6) is 0 Å². The molecule has 0 unspecified atom stereocenters. The van der Waals surface area contributed by atoms with Gasteiger partial charge in [0.05, 0.1) is 0 Å². The molecule has 0 radical (unpaired) electrons. The van der Waals surface area contributed by atoms with Gasteiger partial charge in [-0.1, -0.05) is 0 Å². The molecule has 2 aromatic carbocycles. The van der Waals surface area contributed by atoms with Crippen LogP contribution in [0.3, 0.4) is 0 Å².